The van der Waals surface area contributed by atoms with E-state index in [4.69, 9.17) is 5.73 Å². The molecular weight excluding hydrogens is 256 g/mol. The minimum atomic E-state index is 0.253. The van der Waals surface area contributed by atoms with E-state index in [1.165, 1.54) is 5.56 Å². The number of phenolic OH excluding ortho intramolecular Hbond substituents is 1. The highest BCUT2D eigenvalue weighted by molar-refractivity contribution is 9.10. The van der Waals surface area contributed by atoms with E-state index < -0.39 is 0 Å². The second-order valence-corrected chi connectivity index (χ2v) is 4.47. The quantitative estimate of drug-likeness (QED) is 0.784. The number of benzene rings is 1. The van der Waals surface area contributed by atoms with Crippen LogP contribution in [0.2, 0.25) is 0 Å². The molecule has 0 saturated heterocycles. The number of halogens is 1. The molecule has 15 heavy (non-hydrogen) atoms. The van der Waals surface area contributed by atoms with Gasteiger partial charge in [-0.25, -0.2) is 0 Å². The second-order valence-electron chi connectivity index (χ2n) is 3.62. The molecule has 0 fully saturated rings. The molecule has 0 aliphatic heterocycles. The zero-order valence-electron chi connectivity index (χ0n) is 8.47. The summed E-state index contributed by atoms with van der Waals surface area (Å²) in [5.74, 6) is 0.253. The van der Waals surface area contributed by atoms with Crippen molar-refractivity contribution in [3.8, 4) is 5.75 Å². The predicted octanol–water partition coefficient (Wildman–Crippen LogP) is 2.45. The van der Waals surface area contributed by atoms with Gasteiger partial charge >= 0.3 is 0 Å². The molecule has 80 valence electrons. The molecule has 0 spiro atoms. The van der Waals surface area contributed by atoms with Crippen LogP contribution >= 0.6 is 15.9 Å². The smallest absolute Gasteiger partial charge is 0.131 e. The molecule has 3 nitrogen and oxygen atoms in total. The van der Waals surface area contributed by atoms with Gasteiger partial charge in [0.1, 0.15) is 5.75 Å². The number of hydrogen-bond donors (Lipinski definition) is 3. The average Bonchev–Trinajstić information content (AvgIpc) is 2.46. The van der Waals surface area contributed by atoms with Crippen molar-refractivity contribution >= 4 is 26.8 Å². The number of fused-ring (bicyclic) bond motifs is 1. The molecule has 2 rings (SSSR count). The zero-order chi connectivity index (χ0) is 11.0. The van der Waals surface area contributed by atoms with E-state index in [2.05, 4.69) is 20.9 Å². The molecule has 0 amide bonds. The number of hydrogen-bond acceptors (Lipinski definition) is 2. The van der Waals surface area contributed by atoms with Crippen LogP contribution in [0.15, 0.2) is 16.6 Å². The van der Waals surface area contributed by atoms with Crippen LogP contribution in [0.25, 0.3) is 10.9 Å². The number of aryl methyl sites for hydroxylation is 1. The Bertz CT molecular complexity index is 505. The number of nitrogens with two attached hydrogens (primary N) is 1. The Balaban J connectivity index is 2.70. The molecule has 0 bridgehead atoms. The topological polar surface area (TPSA) is 62.0 Å². The van der Waals surface area contributed by atoms with E-state index in [0.717, 1.165) is 23.0 Å². The maximum absolute atomic E-state index is 9.56. The van der Waals surface area contributed by atoms with Crippen molar-refractivity contribution in [3.05, 3.63) is 27.9 Å². The van der Waals surface area contributed by atoms with Crippen molar-refractivity contribution in [3.63, 3.8) is 0 Å². The highest BCUT2D eigenvalue weighted by atomic mass is 79.9. The van der Waals surface area contributed by atoms with Crippen LogP contribution in [-0.4, -0.2) is 16.6 Å². The molecule has 1 aromatic carbocycles. The Morgan fingerprint density at radius 2 is 2.20 bits per heavy atom. The minimum absolute atomic E-state index is 0.253. The molecular formula is C11H13BrN2O. The van der Waals surface area contributed by atoms with Gasteiger partial charge in [0.05, 0.1) is 4.47 Å². The number of aromatic amines is 1. The van der Waals surface area contributed by atoms with E-state index in [0.29, 0.717) is 11.0 Å². The standard InChI is InChI=1S/C11H13BrN2O/c1-6-7(2-3-13)8-4-9(12)11(15)5-10(8)14-6/h4-5,14-15H,2-3,13H2,1H3. The highest BCUT2D eigenvalue weighted by Gasteiger charge is 2.10. The maximum atomic E-state index is 9.56. The Morgan fingerprint density at radius 3 is 2.87 bits per heavy atom. The second kappa shape index (κ2) is 3.87. The van der Waals surface area contributed by atoms with Gasteiger partial charge in [-0.3, -0.25) is 0 Å². The minimum Gasteiger partial charge on any atom is -0.507 e. The number of aromatic nitrogens is 1. The molecule has 1 aromatic heterocycles. The van der Waals surface area contributed by atoms with Gasteiger partial charge in [-0.05, 0) is 47.4 Å². The summed E-state index contributed by atoms with van der Waals surface area (Å²) in [7, 11) is 0. The first-order chi connectivity index (χ1) is 7.13. The van der Waals surface area contributed by atoms with Crippen LogP contribution in [0.4, 0.5) is 0 Å². The van der Waals surface area contributed by atoms with Crippen LogP contribution in [0.5, 0.6) is 5.75 Å². The number of nitrogens with one attached hydrogen (secondary N) is 1. The highest BCUT2D eigenvalue weighted by Crippen LogP contribution is 2.32. The molecule has 4 heteroatoms. The van der Waals surface area contributed by atoms with Crippen LogP contribution in [-0.2, 0) is 6.42 Å². The van der Waals surface area contributed by atoms with E-state index in [1.54, 1.807) is 6.07 Å². The fourth-order valence-electron chi connectivity index (χ4n) is 1.86. The fraction of sp³-hybridized carbons (Fsp3) is 0.273. The summed E-state index contributed by atoms with van der Waals surface area (Å²) in [5.41, 5.74) is 8.88. The van der Waals surface area contributed by atoms with E-state index in [9.17, 15) is 5.11 Å². The van der Waals surface area contributed by atoms with Crippen molar-refractivity contribution in [2.24, 2.45) is 5.73 Å². The van der Waals surface area contributed by atoms with Crippen molar-refractivity contribution < 1.29 is 5.11 Å². The monoisotopic (exact) mass is 268 g/mol. The molecule has 0 atom stereocenters. The first-order valence-corrected chi connectivity index (χ1v) is 5.62. The van der Waals surface area contributed by atoms with E-state index in [1.807, 2.05) is 13.0 Å². The lowest BCUT2D eigenvalue weighted by atomic mass is 10.1. The average molecular weight is 269 g/mol. The molecule has 0 aliphatic carbocycles. The lowest BCUT2D eigenvalue weighted by Gasteiger charge is -2.00. The van der Waals surface area contributed by atoms with E-state index >= 15 is 0 Å². The summed E-state index contributed by atoms with van der Waals surface area (Å²) in [4.78, 5) is 3.24. The van der Waals surface area contributed by atoms with Crippen LogP contribution in [0, 0.1) is 6.92 Å². The van der Waals surface area contributed by atoms with Crippen molar-refractivity contribution in [1.29, 1.82) is 0 Å². The van der Waals surface area contributed by atoms with Crippen LogP contribution < -0.4 is 5.73 Å². The molecule has 2 aromatic rings. The molecule has 0 radical (unpaired) electrons. The number of phenols is 1. The molecule has 1 heterocycles. The largest absolute Gasteiger partial charge is 0.507 e. The maximum Gasteiger partial charge on any atom is 0.131 e. The van der Waals surface area contributed by atoms with Crippen LogP contribution in [0.3, 0.4) is 0 Å². The Kier molecular flexibility index (Phi) is 2.71. The van der Waals surface area contributed by atoms with Gasteiger partial charge in [-0.1, -0.05) is 0 Å². The van der Waals surface area contributed by atoms with Gasteiger partial charge in [0.2, 0.25) is 0 Å². The van der Waals surface area contributed by atoms with E-state index in [-0.39, 0.29) is 5.75 Å². The summed E-state index contributed by atoms with van der Waals surface area (Å²) >= 11 is 3.32. The fourth-order valence-corrected chi connectivity index (χ4v) is 2.20. The van der Waals surface area contributed by atoms with Gasteiger partial charge < -0.3 is 15.8 Å². The Hall–Kier alpha value is -1.00. The molecule has 0 unspecified atom stereocenters. The lowest BCUT2D eigenvalue weighted by Crippen LogP contribution is -2.03. The summed E-state index contributed by atoms with van der Waals surface area (Å²) in [6.45, 7) is 2.65. The first kappa shape index (κ1) is 10.5. The van der Waals surface area contributed by atoms with Gasteiger partial charge in [0.15, 0.2) is 0 Å². The Morgan fingerprint density at radius 1 is 1.47 bits per heavy atom. The van der Waals surface area contributed by atoms with Gasteiger partial charge in [-0.15, -0.1) is 0 Å². The molecule has 0 aliphatic rings. The van der Waals surface area contributed by atoms with Gasteiger partial charge in [-0.2, -0.15) is 0 Å². The Labute approximate surface area is 96.4 Å². The summed E-state index contributed by atoms with van der Waals surface area (Å²) < 4.78 is 0.715. The SMILES string of the molecule is Cc1[nH]c2cc(O)c(Br)cc2c1CCN. The molecule has 4 N–H and O–H groups in total. The lowest BCUT2D eigenvalue weighted by molar-refractivity contribution is 0.472. The third-order valence-electron chi connectivity index (χ3n) is 2.58. The summed E-state index contributed by atoms with van der Waals surface area (Å²) in [6.07, 6.45) is 0.850. The normalized spacial score (nSPS) is 11.1. The summed E-state index contributed by atoms with van der Waals surface area (Å²) in [5, 5.41) is 10.7. The third kappa shape index (κ3) is 1.75. The van der Waals surface area contributed by atoms with Crippen molar-refractivity contribution in [2.75, 3.05) is 6.54 Å². The number of rotatable bonds is 2. The van der Waals surface area contributed by atoms with Crippen molar-refractivity contribution in [2.45, 2.75) is 13.3 Å². The zero-order valence-corrected chi connectivity index (χ0v) is 10.1. The number of H-pyrrole nitrogens is 1. The number of aromatic hydroxyl groups is 1. The van der Waals surface area contributed by atoms with Crippen molar-refractivity contribution in [1.82, 2.24) is 4.98 Å². The predicted molar refractivity (Wildman–Crippen MR) is 65.2 cm³/mol. The van der Waals surface area contributed by atoms with Gasteiger partial charge in [0.25, 0.3) is 0 Å². The van der Waals surface area contributed by atoms with Gasteiger partial charge in [0, 0.05) is 22.7 Å². The third-order valence-corrected chi connectivity index (χ3v) is 3.22. The molecule has 0 saturated carbocycles. The summed E-state index contributed by atoms with van der Waals surface area (Å²) in [6, 6.07) is 3.66. The first-order valence-electron chi connectivity index (χ1n) is 4.83. The van der Waals surface area contributed by atoms with Crippen LogP contribution in [0.1, 0.15) is 11.3 Å².